The average Bonchev–Trinajstić information content (AvgIpc) is 3.00. The van der Waals surface area contributed by atoms with Gasteiger partial charge in [-0.3, -0.25) is 14.4 Å². The summed E-state index contributed by atoms with van der Waals surface area (Å²) in [5, 5.41) is 5.07. The monoisotopic (exact) mass is 458 g/mol. The van der Waals surface area contributed by atoms with Crippen LogP contribution in [-0.4, -0.2) is 23.1 Å². The molecule has 0 aromatic heterocycles. The molecule has 5 nitrogen and oxygen atoms in total. The summed E-state index contributed by atoms with van der Waals surface area (Å²) in [4.78, 5) is 38.2. The lowest BCUT2D eigenvalue weighted by Gasteiger charge is -2.23. The number of carbonyl (C=O) groups is 3. The van der Waals surface area contributed by atoms with Gasteiger partial charge in [0.25, 0.3) is 0 Å². The Bertz CT molecular complexity index is 1070. The Labute approximate surface area is 189 Å². The van der Waals surface area contributed by atoms with Gasteiger partial charge in [-0.1, -0.05) is 31.4 Å². The topological polar surface area (TPSA) is 75.3 Å². The highest BCUT2D eigenvalue weighted by molar-refractivity contribution is 6.27. The molecule has 0 bridgehead atoms. The van der Waals surface area contributed by atoms with Gasteiger partial charge in [-0.15, -0.1) is 0 Å². The maximum atomic E-state index is 13.6. The lowest BCUT2D eigenvalue weighted by molar-refractivity contribution is -0.135. The first-order chi connectivity index (χ1) is 15.7. The van der Waals surface area contributed by atoms with Crippen LogP contribution in [0.5, 0.6) is 0 Å². The molecular formula is C25H25F3N2O3. The molecule has 2 aliphatic rings. The second kappa shape index (κ2) is 9.00. The number of Topliss-reactive ketones (excluding diaryl/α,β-unsaturated/α-hetero) is 1. The van der Waals surface area contributed by atoms with Crippen LogP contribution >= 0.6 is 0 Å². The lowest BCUT2D eigenvalue weighted by atomic mass is 9.84. The summed E-state index contributed by atoms with van der Waals surface area (Å²) in [6, 6.07) is 8.94. The molecule has 2 aromatic carbocycles. The third-order valence-corrected chi connectivity index (χ3v) is 6.59. The van der Waals surface area contributed by atoms with Crippen molar-refractivity contribution in [3.8, 4) is 0 Å². The largest absolute Gasteiger partial charge is 0.342 e. The molecule has 0 spiro atoms. The van der Waals surface area contributed by atoms with E-state index < -0.39 is 46.5 Å². The van der Waals surface area contributed by atoms with Crippen LogP contribution in [0.4, 0.5) is 18.9 Å². The second-order valence-corrected chi connectivity index (χ2v) is 9.12. The van der Waals surface area contributed by atoms with E-state index in [1.54, 1.807) is 12.1 Å². The van der Waals surface area contributed by atoms with E-state index in [1.165, 1.54) is 31.7 Å². The van der Waals surface area contributed by atoms with E-state index in [0.717, 1.165) is 25.0 Å². The van der Waals surface area contributed by atoms with E-state index in [9.17, 15) is 27.6 Å². The van der Waals surface area contributed by atoms with Crippen molar-refractivity contribution in [1.29, 1.82) is 0 Å². The highest BCUT2D eigenvalue weighted by atomic mass is 19.2. The summed E-state index contributed by atoms with van der Waals surface area (Å²) in [6.07, 6.45) is 5.67. The van der Waals surface area contributed by atoms with Gasteiger partial charge in [0.2, 0.25) is 11.8 Å². The Hall–Kier alpha value is -3.16. The molecule has 2 atom stereocenters. The lowest BCUT2D eigenvalue weighted by Crippen LogP contribution is -2.45. The van der Waals surface area contributed by atoms with Crippen molar-refractivity contribution < 1.29 is 27.6 Å². The number of benzene rings is 2. The van der Waals surface area contributed by atoms with Gasteiger partial charge >= 0.3 is 0 Å². The molecule has 1 heterocycles. The highest BCUT2D eigenvalue weighted by Gasteiger charge is 2.52. The summed E-state index contributed by atoms with van der Waals surface area (Å²) in [6.45, 7) is 1.37. The zero-order valence-electron chi connectivity index (χ0n) is 18.2. The van der Waals surface area contributed by atoms with Crippen LogP contribution in [0.25, 0.3) is 0 Å². The maximum Gasteiger partial charge on any atom is 0.244 e. The van der Waals surface area contributed by atoms with Gasteiger partial charge in [-0.05, 0) is 61.1 Å². The average molecular weight is 458 g/mol. The van der Waals surface area contributed by atoms with Crippen molar-refractivity contribution in [1.82, 2.24) is 5.32 Å². The molecule has 1 aliphatic carbocycles. The van der Waals surface area contributed by atoms with Crippen LogP contribution < -0.4 is 10.6 Å². The first kappa shape index (κ1) is 23.0. The van der Waals surface area contributed by atoms with Crippen LogP contribution in [0.2, 0.25) is 0 Å². The molecule has 1 saturated carbocycles. The molecule has 0 radical (unpaired) electrons. The van der Waals surface area contributed by atoms with Crippen molar-refractivity contribution in [2.75, 3.05) is 5.32 Å². The predicted molar refractivity (Wildman–Crippen MR) is 116 cm³/mol. The zero-order valence-corrected chi connectivity index (χ0v) is 18.2. The van der Waals surface area contributed by atoms with E-state index in [4.69, 9.17) is 0 Å². The summed E-state index contributed by atoms with van der Waals surface area (Å²) in [5.41, 5.74) is 0.104. The third-order valence-electron chi connectivity index (χ3n) is 6.59. The van der Waals surface area contributed by atoms with Gasteiger partial charge in [-0.25, -0.2) is 13.2 Å². The fraction of sp³-hybridized carbons (Fsp3) is 0.400. The van der Waals surface area contributed by atoms with Crippen LogP contribution in [0.1, 0.15) is 56.1 Å². The van der Waals surface area contributed by atoms with Gasteiger partial charge in [0.05, 0.1) is 0 Å². The van der Waals surface area contributed by atoms with Gasteiger partial charge in [0, 0.05) is 12.1 Å². The molecule has 2 fully saturated rings. The first-order valence-corrected chi connectivity index (χ1v) is 11.1. The van der Waals surface area contributed by atoms with Gasteiger partial charge in [-0.2, -0.15) is 0 Å². The second-order valence-electron chi connectivity index (χ2n) is 9.12. The molecular weight excluding hydrogens is 433 g/mol. The van der Waals surface area contributed by atoms with E-state index in [1.807, 2.05) is 12.1 Å². The Kier molecular flexibility index (Phi) is 6.28. The molecule has 1 aliphatic heterocycles. The maximum absolute atomic E-state index is 13.6. The number of amides is 2. The summed E-state index contributed by atoms with van der Waals surface area (Å²) in [5.74, 6) is -7.76. The molecule has 174 valence electrons. The fourth-order valence-electron chi connectivity index (χ4n) is 4.82. The van der Waals surface area contributed by atoms with Crippen molar-refractivity contribution in [3.63, 3.8) is 0 Å². The number of ketones is 1. The van der Waals surface area contributed by atoms with Gasteiger partial charge < -0.3 is 10.6 Å². The predicted octanol–water partition coefficient (Wildman–Crippen LogP) is 4.41. The third kappa shape index (κ3) is 4.65. The summed E-state index contributed by atoms with van der Waals surface area (Å²) < 4.78 is 40.3. The zero-order chi connectivity index (χ0) is 23.8. The molecule has 2 unspecified atom stereocenters. The number of hydrogen-bond donors (Lipinski definition) is 2. The van der Waals surface area contributed by atoms with Crippen LogP contribution in [0.3, 0.4) is 0 Å². The standard InChI is InChI=1S/C25H25F3N2O3/c1-25(13-14-11-18(26)21(28)19(27)12-14)22(31)20(24(33)30-25)23(32)29-17-9-7-16(8-10-17)15-5-3-2-4-6-15/h7-12,15,20H,2-6,13H2,1H3,(H,29,32)(H,30,33). The molecule has 2 amide bonds. The highest BCUT2D eigenvalue weighted by Crippen LogP contribution is 2.33. The molecule has 1 saturated heterocycles. The quantitative estimate of drug-likeness (QED) is 0.515. The number of carbonyl (C=O) groups excluding carboxylic acids is 3. The molecule has 2 aromatic rings. The molecule has 2 N–H and O–H groups in total. The molecule has 4 rings (SSSR count). The van der Waals surface area contributed by atoms with E-state index in [0.29, 0.717) is 11.6 Å². The van der Waals surface area contributed by atoms with E-state index in [2.05, 4.69) is 10.6 Å². The number of nitrogens with one attached hydrogen (secondary N) is 2. The van der Waals surface area contributed by atoms with E-state index >= 15 is 0 Å². The molecule has 33 heavy (non-hydrogen) atoms. The van der Waals surface area contributed by atoms with Gasteiger partial charge in [0.1, 0.15) is 5.54 Å². The van der Waals surface area contributed by atoms with Crippen molar-refractivity contribution in [2.45, 2.75) is 56.9 Å². The van der Waals surface area contributed by atoms with Crippen LogP contribution in [-0.2, 0) is 20.8 Å². The number of rotatable bonds is 5. The fourth-order valence-corrected chi connectivity index (χ4v) is 4.82. The summed E-state index contributed by atoms with van der Waals surface area (Å²) in [7, 11) is 0. The smallest absolute Gasteiger partial charge is 0.244 e. The Morgan fingerprint density at radius 3 is 2.24 bits per heavy atom. The van der Waals surface area contributed by atoms with Crippen molar-refractivity contribution >= 4 is 23.3 Å². The number of halogens is 3. The van der Waals surface area contributed by atoms with Crippen LogP contribution in [0.15, 0.2) is 36.4 Å². The van der Waals surface area contributed by atoms with Crippen molar-refractivity contribution in [3.05, 3.63) is 65.0 Å². The first-order valence-electron chi connectivity index (χ1n) is 11.1. The van der Waals surface area contributed by atoms with Gasteiger partial charge in [0.15, 0.2) is 29.2 Å². The normalized spacial score (nSPS) is 23.5. The SMILES string of the molecule is CC1(Cc2cc(F)c(F)c(F)c2)NC(=O)C(C(=O)Nc2ccc(C3CCCCC3)cc2)C1=O. The Morgan fingerprint density at radius 1 is 1.03 bits per heavy atom. The van der Waals surface area contributed by atoms with E-state index in [-0.39, 0.29) is 12.0 Å². The minimum atomic E-state index is -1.61. The Balaban J connectivity index is 1.45. The minimum Gasteiger partial charge on any atom is -0.342 e. The Morgan fingerprint density at radius 2 is 1.64 bits per heavy atom. The number of anilines is 1. The minimum absolute atomic E-state index is 0.0121. The van der Waals surface area contributed by atoms with Crippen molar-refractivity contribution in [2.24, 2.45) is 5.92 Å². The summed E-state index contributed by atoms with van der Waals surface area (Å²) >= 11 is 0. The molecule has 8 heteroatoms. The number of hydrogen-bond acceptors (Lipinski definition) is 3. The van der Waals surface area contributed by atoms with Crippen LogP contribution in [0, 0.1) is 23.4 Å².